The monoisotopic (exact) mass is 243 g/mol. The van der Waals surface area contributed by atoms with Crippen LogP contribution in [0.1, 0.15) is 32.6 Å². The number of thioether (sulfide) groups is 1. The number of amides is 1. The molecule has 0 spiro atoms. The molecule has 2 unspecified atom stereocenters. The molecule has 4 heteroatoms. The Morgan fingerprint density at radius 3 is 2.94 bits per heavy atom. The molecular weight excluding hydrogens is 222 g/mol. The minimum atomic E-state index is -0.570. The number of hydrogen-bond acceptors (Lipinski definition) is 3. The molecule has 2 aliphatic heterocycles. The van der Waals surface area contributed by atoms with Crippen molar-refractivity contribution in [2.45, 2.75) is 38.2 Å². The lowest BCUT2D eigenvalue weighted by atomic mass is 9.98. The molecule has 2 heterocycles. The van der Waals surface area contributed by atoms with Crippen LogP contribution in [-0.2, 0) is 4.79 Å². The summed E-state index contributed by atoms with van der Waals surface area (Å²) in [4.78, 5) is 14.2. The van der Waals surface area contributed by atoms with Gasteiger partial charge in [-0.3, -0.25) is 4.79 Å². The summed E-state index contributed by atoms with van der Waals surface area (Å²) >= 11 is 1.88. The molecule has 0 aromatic heterocycles. The zero-order valence-electron chi connectivity index (χ0n) is 9.95. The highest BCUT2D eigenvalue weighted by atomic mass is 32.2. The van der Waals surface area contributed by atoms with Crippen molar-refractivity contribution in [2.75, 3.05) is 24.6 Å². The van der Waals surface area contributed by atoms with Crippen LogP contribution in [0.4, 0.5) is 0 Å². The van der Waals surface area contributed by atoms with Gasteiger partial charge in [-0.05, 0) is 38.4 Å². The van der Waals surface area contributed by atoms with Crippen LogP contribution in [0.5, 0.6) is 0 Å². The SMILES string of the molecule is CC1(O)CCCN(C(=O)C2CCSC2)CC1. The van der Waals surface area contributed by atoms with Crippen LogP contribution in [-0.4, -0.2) is 46.1 Å². The van der Waals surface area contributed by atoms with E-state index in [1.165, 1.54) is 0 Å². The zero-order valence-corrected chi connectivity index (χ0v) is 10.8. The Balaban J connectivity index is 1.91. The highest BCUT2D eigenvalue weighted by Gasteiger charge is 2.31. The standard InChI is InChI=1S/C12H21NO2S/c1-12(15)4-2-6-13(7-5-12)11(14)10-3-8-16-9-10/h10,15H,2-9H2,1H3. The second kappa shape index (κ2) is 4.96. The molecule has 0 radical (unpaired) electrons. The maximum Gasteiger partial charge on any atom is 0.226 e. The molecule has 3 nitrogen and oxygen atoms in total. The molecular formula is C12H21NO2S. The average molecular weight is 243 g/mol. The van der Waals surface area contributed by atoms with E-state index in [2.05, 4.69) is 0 Å². The Morgan fingerprint density at radius 1 is 1.44 bits per heavy atom. The van der Waals surface area contributed by atoms with Gasteiger partial charge in [0.2, 0.25) is 5.91 Å². The molecule has 0 saturated carbocycles. The number of carbonyl (C=O) groups is 1. The first-order valence-corrected chi connectivity index (χ1v) is 7.33. The molecule has 2 saturated heterocycles. The molecule has 1 N–H and O–H groups in total. The molecule has 1 amide bonds. The molecule has 2 aliphatic rings. The molecule has 0 aliphatic carbocycles. The number of aliphatic hydroxyl groups is 1. The normalized spacial score (nSPS) is 36.1. The van der Waals surface area contributed by atoms with Crippen molar-refractivity contribution in [2.24, 2.45) is 5.92 Å². The molecule has 0 aromatic rings. The quantitative estimate of drug-likeness (QED) is 0.759. The highest BCUT2D eigenvalue weighted by molar-refractivity contribution is 7.99. The minimum Gasteiger partial charge on any atom is -0.390 e. The van der Waals surface area contributed by atoms with Gasteiger partial charge in [-0.15, -0.1) is 0 Å². The van der Waals surface area contributed by atoms with Gasteiger partial charge in [0.05, 0.1) is 5.60 Å². The predicted molar refractivity (Wildman–Crippen MR) is 66.5 cm³/mol. The van der Waals surface area contributed by atoms with Crippen LogP contribution in [0, 0.1) is 5.92 Å². The Labute approximate surface area is 102 Å². The van der Waals surface area contributed by atoms with Crippen molar-refractivity contribution in [3.8, 4) is 0 Å². The molecule has 2 atom stereocenters. The number of rotatable bonds is 1. The second-order valence-electron chi connectivity index (χ2n) is 5.24. The van der Waals surface area contributed by atoms with Crippen LogP contribution in [0.25, 0.3) is 0 Å². The largest absolute Gasteiger partial charge is 0.390 e. The van der Waals surface area contributed by atoms with Crippen molar-refractivity contribution in [3.05, 3.63) is 0 Å². The van der Waals surface area contributed by atoms with Crippen molar-refractivity contribution in [1.29, 1.82) is 0 Å². The smallest absolute Gasteiger partial charge is 0.226 e. The van der Waals surface area contributed by atoms with Crippen LogP contribution >= 0.6 is 11.8 Å². The summed E-state index contributed by atoms with van der Waals surface area (Å²) in [7, 11) is 0. The predicted octanol–water partition coefficient (Wildman–Crippen LogP) is 1.50. The fraction of sp³-hybridized carbons (Fsp3) is 0.917. The summed E-state index contributed by atoms with van der Waals surface area (Å²) in [6, 6.07) is 0. The summed E-state index contributed by atoms with van der Waals surface area (Å²) in [5.41, 5.74) is -0.570. The first kappa shape index (κ1) is 12.2. The van der Waals surface area contributed by atoms with Crippen LogP contribution in [0.15, 0.2) is 0 Å². The third-order valence-electron chi connectivity index (χ3n) is 3.65. The lowest BCUT2D eigenvalue weighted by Gasteiger charge is -2.24. The first-order valence-electron chi connectivity index (χ1n) is 6.17. The molecule has 0 bridgehead atoms. The Hall–Kier alpha value is -0.220. The van der Waals surface area contributed by atoms with Gasteiger partial charge in [0, 0.05) is 24.8 Å². The van der Waals surface area contributed by atoms with Crippen molar-refractivity contribution in [3.63, 3.8) is 0 Å². The summed E-state index contributed by atoms with van der Waals surface area (Å²) in [6.07, 6.45) is 3.50. The van der Waals surface area contributed by atoms with Gasteiger partial charge in [-0.25, -0.2) is 0 Å². The average Bonchev–Trinajstić information content (AvgIpc) is 2.69. The van der Waals surface area contributed by atoms with Gasteiger partial charge >= 0.3 is 0 Å². The summed E-state index contributed by atoms with van der Waals surface area (Å²) in [5.74, 6) is 2.68. The van der Waals surface area contributed by atoms with Gasteiger partial charge in [-0.1, -0.05) is 0 Å². The Kier molecular flexibility index (Phi) is 3.80. The zero-order chi connectivity index (χ0) is 11.6. The van der Waals surface area contributed by atoms with E-state index in [1.807, 2.05) is 23.6 Å². The maximum absolute atomic E-state index is 12.2. The topological polar surface area (TPSA) is 40.5 Å². The van der Waals surface area contributed by atoms with Gasteiger partial charge in [-0.2, -0.15) is 11.8 Å². The van der Waals surface area contributed by atoms with Gasteiger partial charge in [0.25, 0.3) is 0 Å². The third kappa shape index (κ3) is 2.92. The fourth-order valence-electron chi connectivity index (χ4n) is 2.47. The molecule has 92 valence electrons. The van der Waals surface area contributed by atoms with Crippen molar-refractivity contribution >= 4 is 17.7 Å². The number of hydrogen-bond donors (Lipinski definition) is 1. The molecule has 2 fully saturated rings. The van der Waals surface area contributed by atoms with Gasteiger partial charge in [0.15, 0.2) is 0 Å². The van der Waals surface area contributed by atoms with Crippen LogP contribution in [0.3, 0.4) is 0 Å². The maximum atomic E-state index is 12.2. The number of likely N-dealkylation sites (tertiary alicyclic amines) is 1. The minimum absolute atomic E-state index is 0.244. The molecule has 0 aromatic carbocycles. The summed E-state index contributed by atoms with van der Waals surface area (Å²) in [5, 5.41) is 9.98. The highest BCUT2D eigenvalue weighted by Crippen LogP contribution is 2.27. The van der Waals surface area contributed by atoms with Crippen molar-refractivity contribution in [1.82, 2.24) is 4.90 Å². The lowest BCUT2D eigenvalue weighted by Crippen LogP contribution is -2.37. The van der Waals surface area contributed by atoms with E-state index >= 15 is 0 Å². The number of nitrogens with zero attached hydrogens (tertiary/aromatic N) is 1. The third-order valence-corrected chi connectivity index (χ3v) is 4.82. The van der Waals surface area contributed by atoms with E-state index in [0.29, 0.717) is 5.91 Å². The molecule has 16 heavy (non-hydrogen) atoms. The van der Waals surface area contributed by atoms with Crippen LogP contribution in [0.2, 0.25) is 0 Å². The van der Waals surface area contributed by atoms with E-state index in [-0.39, 0.29) is 5.92 Å². The number of carbonyl (C=O) groups excluding carboxylic acids is 1. The van der Waals surface area contributed by atoms with E-state index in [4.69, 9.17) is 0 Å². The summed E-state index contributed by atoms with van der Waals surface area (Å²) < 4.78 is 0. The molecule has 2 rings (SSSR count). The van der Waals surface area contributed by atoms with Crippen molar-refractivity contribution < 1.29 is 9.90 Å². The van der Waals surface area contributed by atoms with Crippen LogP contribution < -0.4 is 0 Å². The van der Waals surface area contributed by atoms with E-state index in [1.54, 1.807) is 0 Å². The van der Waals surface area contributed by atoms with E-state index < -0.39 is 5.60 Å². The van der Waals surface area contributed by atoms with Gasteiger partial charge < -0.3 is 10.0 Å². The first-order chi connectivity index (χ1) is 7.58. The van der Waals surface area contributed by atoms with Gasteiger partial charge in [0.1, 0.15) is 0 Å². The van der Waals surface area contributed by atoms with E-state index in [0.717, 1.165) is 50.3 Å². The Morgan fingerprint density at radius 2 is 2.25 bits per heavy atom. The fourth-order valence-corrected chi connectivity index (χ4v) is 3.68. The lowest BCUT2D eigenvalue weighted by molar-refractivity contribution is -0.134. The summed E-state index contributed by atoms with van der Waals surface area (Å²) in [6.45, 7) is 3.44. The Bertz CT molecular complexity index is 262. The van der Waals surface area contributed by atoms with E-state index in [9.17, 15) is 9.90 Å². The second-order valence-corrected chi connectivity index (χ2v) is 6.39.